The van der Waals surface area contributed by atoms with Crippen molar-refractivity contribution in [2.45, 2.75) is 11.8 Å². The van der Waals surface area contributed by atoms with Crippen LogP contribution in [0.25, 0.3) is 16.8 Å². The highest BCUT2D eigenvalue weighted by molar-refractivity contribution is 7.91. The Morgan fingerprint density at radius 1 is 1.18 bits per heavy atom. The van der Waals surface area contributed by atoms with E-state index in [1.165, 1.54) is 6.26 Å². The zero-order chi connectivity index (χ0) is 12.6. The number of rotatable bonds is 2. The molecule has 0 aliphatic carbocycles. The molecule has 0 saturated heterocycles. The molecule has 2 aromatic rings. The maximum Gasteiger partial charge on any atom is 0.176 e. The summed E-state index contributed by atoms with van der Waals surface area (Å²) in [4.78, 5) is 0.369. The standard InChI is InChI=1S/C14H14O2S/c1-4-11-8-12-6-5-10(2)7-13(12)14(9-11)17(3,15)16/h4-9H,1H2,2-3H3. The number of benzene rings is 2. The topological polar surface area (TPSA) is 34.1 Å². The molecule has 88 valence electrons. The molecule has 0 aliphatic rings. The molecule has 0 atom stereocenters. The maximum absolute atomic E-state index is 11.8. The van der Waals surface area contributed by atoms with E-state index < -0.39 is 9.84 Å². The highest BCUT2D eigenvalue weighted by Crippen LogP contribution is 2.26. The summed E-state index contributed by atoms with van der Waals surface area (Å²) in [6, 6.07) is 9.42. The first kappa shape index (κ1) is 11.9. The fraction of sp³-hybridized carbons (Fsp3) is 0.143. The molecule has 0 spiro atoms. The molecule has 0 bridgehead atoms. The molecule has 0 amide bonds. The maximum atomic E-state index is 11.8. The molecular weight excluding hydrogens is 232 g/mol. The summed E-state index contributed by atoms with van der Waals surface area (Å²) in [5.74, 6) is 0. The quantitative estimate of drug-likeness (QED) is 0.815. The lowest BCUT2D eigenvalue weighted by Gasteiger charge is -2.07. The van der Waals surface area contributed by atoms with Crippen LogP contribution in [0.5, 0.6) is 0 Å². The van der Waals surface area contributed by atoms with Gasteiger partial charge in [0.25, 0.3) is 0 Å². The lowest BCUT2D eigenvalue weighted by molar-refractivity contribution is 0.602. The second kappa shape index (κ2) is 4.00. The Labute approximate surface area is 102 Å². The third-order valence-electron chi connectivity index (χ3n) is 2.73. The molecule has 0 aromatic heterocycles. The molecule has 0 saturated carbocycles. The van der Waals surface area contributed by atoms with Crippen LogP contribution in [0.1, 0.15) is 11.1 Å². The van der Waals surface area contributed by atoms with E-state index in [1.807, 2.05) is 31.2 Å². The summed E-state index contributed by atoms with van der Waals surface area (Å²) < 4.78 is 23.6. The van der Waals surface area contributed by atoms with Gasteiger partial charge >= 0.3 is 0 Å². The van der Waals surface area contributed by atoms with Gasteiger partial charge in [-0.1, -0.05) is 36.4 Å². The largest absolute Gasteiger partial charge is 0.224 e. The Hall–Kier alpha value is -1.61. The van der Waals surface area contributed by atoms with Crippen LogP contribution in [0, 0.1) is 6.92 Å². The van der Waals surface area contributed by atoms with Crippen LogP contribution in [0.4, 0.5) is 0 Å². The Morgan fingerprint density at radius 2 is 1.88 bits per heavy atom. The predicted octanol–water partition coefficient (Wildman–Crippen LogP) is 3.19. The first-order valence-corrected chi connectivity index (χ1v) is 7.18. The Balaban J connectivity index is 2.96. The summed E-state index contributed by atoms with van der Waals surface area (Å²) in [7, 11) is -3.23. The zero-order valence-corrected chi connectivity index (χ0v) is 10.7. The van der Waals surface area contributed by atoms with Crippen molar-refractivity contribution >= 4 is 26.7 Å². The van der Waals surface area contributed by atoms with Crippen LogP contribution in [0.15, 0.2) is 41.8 Å². The summed E-state index contributed by atoms with van der Waals surface area (Å²) in [5, 5.41) is 1.70. The van der Waals surface area contributed by atoms with Gasteiger partial charge in [-0.05, 0) is 30.0 Å². The molecule has 2 rings (SSSR count). The van der Waals surface area contributed by atoms with Crippen LogP contribution in [0.3, 0.4) is 0 Å². The van der Waals surface area contributed by atoms with Gasteiger partial charge in [0.2, 0.25) is 0 Å². The van der Waals surface area contributed by atoms with E-state index in [4.69, 9.17) is 0 Å². The van der Waals surface area contributed by atoms with Crippen molar-refractivity contribution in [1.82, 2.24) is 0 Å². The monoisotopic (exact) mass is 246 g/mol. The van der Waals surface area contributed by atoms with Crippen LogP contribution >= 0.6 is 0 Å². The molecule has 3 heteroatoms. The fourth-order valence-corrected chi connectivity index (χ4v) is 2.81. The summed E-state index contributed by atoms with van der Waals surface area (Å²) >= 11 is 0. The van der Waals surface area contributed by atoms with Crippen molar-refractivity contribution in [1.29, 1.82) is 0 Å². The third-order valence-corrected chi connectivity index (χ3v) is 3.87. The molecule has 2 aromatic carbocycles. The van der Waals surface area contributed by atoms with E-state index in [2.05, 4.69) is 6.58 Å². The minimum atomic E-state index is -3.23. The molecule has 0 aliphatic heterocycles. The molecule has 0 radical (unpaired) electrons. The van der Waals surface area contributed by atoms with Gasteiger partial charge in [-0.3, -0.25) is 0 Å². The number of aryl methyl sites for hydroxylation is 1. The van der Waals surface area contributed by atoms with Gasteiger partial charge < -0.3 is 0 Å². The van der Waals surface area contributed by atoms with E-state index in [9.17, 15) is 8.42 Å². The van der Waals surface area contributed by atoms with E-state index >= 15 is 0 Å². The Kier molecular flexibility index (Phi) is 2.79. The smallest absolute Gasteiger partial charge is 0.176 e. The number of hydrogen-bond donors (Lipinski definition) is 0. The molecule has 0 fully saturated rings. The van der Waals surface area contributed by atoms with Crippen molar-refractivity contribution in [2.24, 2.45) is 0 Å². The zero-order valence-electron chi connectivity index (χ0n) is 9.90. The Bertz CT molecular complexity index is 697. The van der Waals surface area contributed by atoms with Gasteiger partial charge in [-0.15, -0.1) is 0 Å². The van der Waals surface area contributed by atoms with Crippen molar-refractivity contribution in [3.8, 4) is 0 Å². The lowest BCUT2D eigenvalue weighted by Crippen LogP contribution is -1.99. The summed E-state index contributed by atoms with van der Waals surface area (Å²) in [6.07, 6.45) is 2.89. The first-order valence-electron chi connectivity index (χ1n) is 5.29. The summed E-state index contributed by atoms with van der Waals surface area (Å²) in [5.41, 5.74) is 1.87. The second-order valence-corrected chi connectivity index (χ2v) is 6.20. The van der Waals surface area contributed by atoms with Crippen molar-refractivity contribution in [2.75, 3.05) is 6.26 Å². The van der Waals surface area contributed by atoms with E-state index in [0.717, 1.165) is 21.9 Å². The molecule has 17 heavy (non-hydrogen) atoms. The highest BCUT2D eigenvalue weighted by Gasteiger charge is 2.12. The van der Waals surface area contributed by atoms with Crippen molar-refractivity contribution < 1.29 is 8.42 Å². The Morgan fingerprint density at radius 3 is 2.47 bits per heavy atom. The molecule has 0 N–H and O–H groups in total. The third kappa shape index (κ3) is 2.24. The van der Waals surface area contributed by atoms with Crippen LogP contribution in [-0.2, 0) is 9.84 Å². The minimum Gasteiger partial charge on any atom is -0.224 e. The van der Waals surface area contributed by atoms with Gasteiger partial charge in [0.1, 0.15) is 0 Å². The SMILES string of the molecule is C=Cc1cc(S(C)(=O)=O)c2cc(C)ccc2c1. The van der Waals surface area contributed by atoms with Gasteiger partial charge in [0, 0.05) is 11.6 Å². The number of hydrogen-bond acceptors (Lipinski definition) is 2. The van der Waals surface area contributed by atoms with Crippen LogP contribution in [-0.4, -0.2) is 14.7 Å². The van der Waals surface area contributed by atoms with Gasteiger partial charge in [-0.25, -0.2) is 8.42 Å². The normalized spacial score (nSPS) is 11.6. The fourth-order valence-electron chi connectivity index (χ4n) is 1.88. The highest BCUT2D eigenvalue weighted by atomic mass is 32.2. The molecule has 2 nitrogen and oxygen atoms in total. The molecule has 0 unspecified atom stereocenters. The second-order valence-electron chi connectivity index (χ2n) is 4.22. The van der Waals surface area contributed by atoms with Gasteiger partial charge in [0.15, 0.2) is 9.84 Å². The van der Waals surface area contributed by atoms with E-state index in [0.29, 0.717) is 4.90 Å². The van der Waals surface area contributed by atoms with Crippen LogP contribution in [0.2, 0.25) is 0 Å². The molecule has 0 heterocycles. The number of sulfone groups is 1. The minimum absolute atomic E-state index is 0.369. The molecular formula is C14H14O2S. The van der Waals surface area contributed by atoms with Crippen molar-refractivity contribution in [3.05, 3.63) is 48.0 Å². The lowest BCUT2D eigenvalue weighted by atomic mass is 10.0. The van der Waals surface area contributed by atoms with E-state index in [-0.39, 0.29) is 0 Å². The van der Waals surface area contributed by atoms with E-state index in [1.54, 1.807) is 12.1 Å². The summed E-state index contributed by atoms with van der Waals surface area (Å²) in [6.45, 7) is 5.63. The van der Waals surface area contributed by atoms with Gasteiger partial charge in [0.05, 0.1) is 4.90 Å². The van der Waals surface area contributed by atoms with Gasteiger partial charge in [-0.2, -0.15) is 0 Å². The first-order chi connectivity index (χ1) is 7.91. The van der Waals surface area contributed by atoms with Crippen LogP contribution < -0.4 is 0 Å². The average molecular weight is 246 g/mol. The van der Waals surface area contributed by atoms with Crippen molar-refractivity contribution in [3.63, 3.8) is 0 Å². The predicted molar refractivity (Wildman–Crippen MR) is 71.9 cm³/mol. The average Bonchev–Trinajstić information content (AvgIpc) is 2.26. The number of fused-ring (bicyclic) bond motifs is 1.